The van der Waals surface area contributed by atoms with Crippen molar-refractivity contribution in [3.63, 3.8) is 0 Å². The summed E-state index contributed by atoms with van der Waals surface area (Å²) in [4.78, 5) is 11.6. The Morgan fingerprint density at radius 3 is 2.54 bits per heavy atom. The monoisotopic (exact) mass is 345 g/mol. The predicted molar refractivity (Wildman–Crippen MR) is 82.1 cm³/mol. The summed E-state index contributed by atoms with van der Waals surface area (Å²) in [5.41, 5.74) is -1.67. The van der Waals surface area contributed by atoms with Crippen LogP contribution < -0.4 is 5.32 Å². The number of alkyl carbamates (subject to hydrolysis) is 1. The number of carbonyl (C=O) groups is 1. The highest BCUT2D eigenvalue weighted by Crippen LogP contribution is 2.45. The molecule has 0 heterocycles. The fourth-order valence-electron chi connectivity index (χ4n) is 2.32. The van der Waals surface area contributed by atoms with Crippen molar-refractivity contribution in [3.05, 3.63) is 35.1 Å². The summed E-state index contributed by atoms with van der Waals surface area (Å²) >= 11 is 0. The molecule has 1 aromatic carbocycles. The molecule has 24 heavy (non-hydrogen) atoms. The molecule has 0 bridgehead atoms. The number of halogens is 3. The summed E-state index contributed by atoms with van der Waals surface area (Å²) in [6.45, 7) is 4.74. The average Bonchev–Trinajstić information content (AvgIpc) is 3.27. The quantitative estimate of drug-likeness (QED) is 0.855. The fourth-order valence-corrected chi connectivity index (χ4v) is 2.32. The minimum absolute atomic E-state index is 0.0963. The largest absolute Gasteiger partial charge is 0.444 e. The van der Waals surface area contributed by atoms with E-state index in [4.69, 9.17) is 4.74 Å². The van der Waals surface area contributed by atoms with Crippen molar-refractivity contribution < 1.29 is 27.8 Å². The van der Waals surface area contributed by atoms with Crippen molar-refractivity contribution in [2.24, 2.45) is 5.92 Å². The molecular weight excluding hydrogens is 323 g/mol. The van der Waals surface area contributed by atoms with Crippen molar-refractivity contribution in [1.82, 2.24) is 5.32 Å². The number of ether oxygens (including phenoxy) is 1. The van der Waals surface area contributed by atoms with Crippen LogP contribution in [0.1, 0.15) is 44.7 Å². The number of rotatable bonds is 5. The van der Waals surface area contributed by atoms with Gasteiger partial charge in [0.1, 0.15) is 17.5 Å². The Bertz CT molecular complexity index is 610. The van der Waals surface area contributed by atoms with E-state index in [0.717, 1.165) is 6.07 Å². The lowest BCUT2D eigenvalue weighted by Gasteiger charge is -2.24. The standard InChI is InChI=1S/C17H22F3NO3/c1-16(2,3)24-15(23)21-9-11-5-4-6-12(13(11)18)17(19,20)14(22)10-7-8-10/h4-6,10,14,22H,7-9H2,1-3H3,(H,21,23). The van der Waals surface area contributed by atoms with E-state index in [1.54, 1.807) is 20.8 Å². The minimum atomic E-state index is -3.67. The highest BCUT2D eigenvalue weighted by Gasteiger charge is 2.50. The van der Waals surface area contributed by atoms with Gasteiger partial charge < -0.3 is 15.2 Å². The molecule has 0 aromatic heterocycles. The normalized spacial score (nSPS) is 16.6. The lowest BCUT2D eigenvalue weighted by Crippen LogP contribution is -2.34. The Kier molecular flexibility index (Phi) is 5.13. The summed E-state index contributed by atoms with van der Waals surface area (Å²) in [5.74, 6) is -5.30. The topological polar surface area (TPSA) is 58.6 Å². The van der Waals surface area contributed by atoms with Crippen molar-refractivity contribution in [3.8, 4) is 0 Å². The van der Waals surface area contributed by atoms with Gasteiger partial charge in [-0.25, -0.2) is 9.18 Å². The molecule has 1 aliphatic rings. The first-order valence-corrected chi connectivity index (χ1v) is 7.83. The maximum Gasteiger partial charge on any atom is 0.407 e. The van der Waals surface area contributed by atoms with Crippen LogP contribution in [0.2, 0.25) is 0 Å². The SMILES string of the molecule is CC(C)(C)OC(=O)NCc1cccc(C(F)(F)C(O)C2CC2)c1F. The van der Waals surface area contributed by atoms with E-state index in [0.29, 0.717) is 12.8 Å². The van der Waals surface area contributed by atoms with Gasteiger partial charge in [0.2, 0.25) is 0 Å². The summed E-state index contributed by atoms with van der Waals surface area (Å²) in [5, 5.41) is 12.1. The van der Waals surface area contributed by atoms with Gasteiger partial charge in [-0.1, -0.05) is 12.1 Å². The van der Waals surface area contributed by atoms with Gasteiger partial charge >= 0.3 is 12.0 Å². The lowest BCUT2D eigenvalue weighted by molar-refractivity contribution is -0.126. The molecule has 1 amide bonds. The summed E-state index contributed by atoms with van der Waals surface area (Å²) in [7, 11) is 0. The van der Waals surface area contributed by atoms with Gasteiger partial charge in [-0.05, 0) is 45.6 Å². The number of hydrogen-bond donors (Lipinski definition) is 2. The maximum absolute atomic E-state index is 14.4. The molecule has 4 nitrogen and oxygen atoms in total. The number of aliphatic hydroxyl groups is 1. The molecule has 2 rings (SSSR count). The number of benzene rings is 1. The molecule has 1 unspecified atom stereocenters. The van der Waals surface area contributed by atoms with Crippen LogP contribution in [0, 0.1) is 11.7 Å². The average molecular weight is 345 g/mol. The van der Waals surface area contributed by atoms with Gasteiger partial charge in [-0.3, -0.25) is 0 Å². The predicted octanol–water partition coefficient (Wildman–Crippen LogP) is 3.71. The van der Waals surface area contributed by atoms with Crippen molar-refractivity contribution in [2.45, 2.75) is 57.8 Å². The second-order valence-electron chi connectivity index (χ2n) is 7.04. The lowest BCUT2D eigenvalue weighted by atomic mass is 9.97. The molecule has 134 valence electrons. The van der Waals surface area contributed by atoms with Crippen LogP contribution in [0.4, 0.5) is 18.0 Å². The van der Waals surface area contributed by atoms with Crippen LogP contribution in [0.5, 0.6) is 0 Å². The summed E-state index contributed by atoms with van der Waals surface area (Å²) < 4.78 is 48.0. The number of alkyl halides is 2. The highest BCUT2D eigenvalue weighted by molar-refractivity contribution is 5.67. The Morgan fingerprint density at radius 1 is 1.38 bits per heavy atom. The Hall–Kier alpha value is -1.76. The molecule has 0 aliphatic heterocycles. The minimum Gasteiger partial charge on any atom is -0.444 e. The molecule has 2 N–H and O–H groups in total. The van der Waals surface area contributed by atoms with E-state index in [1.165, 1.54) is 12.1 Å². The third kappa shape index (κ3) is 4.41. The van der Waals surface area contributed by atoms with Crippen LogP contribution in [0.15, 0.2) is 18.2 Å². The highest BCUT2D eigenvalue weighted by atomic mass is 19.3. The number of nitrogens with one attached hydrogen (secondary N) is 1. The fraction of sp³-hybridized carbons (Fsp3) is 0.588. The first-order valence-electron chi connectivity index (χ1n) is 7.83. The maximum atomic E-state index is 14.4. The van der Waals surface area contributed by atoms with Gasteiger partial charge in [0.15, 0.2) is 0 Å². The smallest absolute Gasteiger partial charge is 0.407 e. The third-order valence-corrected chi connectivity index (χ3v) is 3.70. The van der Waals surface area contributed by atoms with Crippen LogP contribution >= 0.6 is 0 Å². The number of amides is 1. The van der Waals surface area contributed by atoms with Crippen LogP contribution in [-0.4, -0.2) is 22.9 Å². The van der Waals surface area contributed by atoms with Gasteiger partial charge in [0, 0.05) is 12.1 Å². The van der Waals surface area contributed by atoms with Gasteiger partial charge in [-0.15, -0.1) is 0 Å². The zero-order chi connectivity index (χ0) is 18.1. The Labute approximate surface area is 139 Å². The molecule has 7 heteroatoms. The molecule has 1 aliphatic carbocycles. The van der Waals surface area contributed by atoms with Gasteiger partial charge in [0.25, 0.3) is 0 Å². The number of hydrogen-bond acceptors (Lipinski definition) is 3. The van der Waals surface area contributed by atoms with Crippen LogP contribution in [0.25, 0.3) is 0 Å². The molecule has 1 fully saturated rings. The van der Waals surface area contributed by atoms with E-state index >= 15 is 0 Å². The molecule has 1 saturated carbocycles. The molecular formula is C17H22F3NO3. The van der Waals surface area contributed by atoms with Gasteiger partial charge in [-0.2, -0.15) is 8.78 Å². The van der Waals surface area contributed by atoms with Crippen molar-refractivity contribution in [2.75, 3.05) is 0 Å². The molecule has 1 aromatic rings. The Morgan fingerprint density at radius 2 is 2.00 bits per heavy atom. The van der Waals surface area contributed by atoms with E-state index in [1.807, 2.05) is 0 Å². The number of carbonyl (C=O) groups excluding carboxylic acids is 1. The van der Waals surface area contributed by atoms with Gasteiger partial charge in [0.05, 0.1) is 5.56 Å². The summed E-state index contributed by atoms with van der Waals surface area (Å²) in [6, 6.07) is 3.53. The summed E-state index contributed by atoms with van der Waals surface area (Å²) in [6.07, 6.45) is -1.64. The van der Waals surface area contributed by atoms with E-state index in [-0.39, 0.29) is 12.1 Å². The second kappa shape index (κ2) is 6.63. The molecule has 0 spiro atoms. The van der Waals surface area contributed by atoms with Crippen LogP contribution in [0.3, 0.4) is 0 Å². The first-order chi connectivity index (χ1) is 11.0. The second-order valence-corrected chi connectivity index (χ2v) is 7.04. The first kappa shape index (κ1) is 18.6. The molecule has 0 radical (unpaired) electrons. The van der Waals surface area contributed by atoms with Crippen molar-refractivity contribution >= 4 is 6.09 Å². The third-order valence-electron chi connectivity index (χ3n) is 3.70. The van der Waals surface area contributed by atoms with E-state index in [9.17, 15) is 23.1 Å². The Balaban J connectivity index is 2.11. The zero-order valence-electron chi connectivity index (χ0n) is 13.9. The van der Waals surface area contributed by atoms with E-state index < -0.39 is 41.0 Å². The zero-order valence-corrected chi connectivity index (χ0v) is 13.9. The van der Waals surface area contributed by atoms with E-state index in [2.05, 4.69) is 5.32 Å². The molecule has 0 saturated heterocycles. The van der Waals surface area contributed by atoms with Crippen LogP contribution in [-0.2, 0) is 17.2 Å². The van der Waals surface area contributed by atoms with Crippen molar-refractivity contribution in [1.29, 1.82) is 0 Å². The number of aliphatic hydroxyl groups excluding tert-OH is 1. The molecule has 1 atom stereocenters.